The summed E-state index contributed by atoms with van der Waals surface area (Å²) < 4.78 is 0. The molecule has 4 rings (SSSR count). The number of carbonyl (C=O) groups is 3. The minimum Gasteiger partial charge on any atom is -0.480 e. The van der Waals surface area contributed by atoms with Crippen molar-refractivity contribution in [2.45, 2.75) is 55.5 Å². The van der Waals surface area contributed by atoms with E-state index in [1.165, 1.54) is 23.6 Å². The molecule has 0 aromatic heterocycles. The van der Waals surface area contributed by atoms with Crippen molar-refractivity contribution in [3.63, 3.8) is 0 Å². The quantitative estimate of drug-likeness (QED) is 0.525. The van der Waals surface area contributed by atoms with Gasteiger partial charge in [-0.05, 0) is 26.3 Å². The van der Waals surface area contributed by atoms with Crippen molar-refractivity contribution in [2.75, 3.05) is 5.75 Å². The lowest BCUT2D eigenvalue weighted by Gasteiger charge is -2.59. The summed E-state index contributed by atoms with van der Waals surface area (Å²) in [5.74, 6) is -2.23. The molecular formula is C19H22N4O6S. The predicted octanol–water partition coefficient (Wildman–Crippen LogP) is 0.777. The lowest BCUT2D eigenvalue weighted by molar-refractivity contribution is -0.184. The summed E-state index contributed by atoms with van der Waals surface area (Å²) in [4.78, 5) is 52.4. The Hall–Kier alpha value is -2.66. The van der Waals surface area contributed by atoms with Gasteiger partial charge in [0.05, 0.1) is 5.29 Å². The van der Waals surface area contributed by atoms with Crippen molar-refractivity contribution < 1.29 is 24.6 Å². The molecule has 1 aromatic carbocycles. The number of aliphatic carboxylic acids is 1. The Kier molecular flexibility index (Phi) is 4.58. The normalized spacial score (nSPS) is 35.1. The fourth-order valence-electron chi connectivity index (χ4n) is 4.65. The van der Waals surface area contributed by atoms with E-state index in [9.17, 15) is 29.5 Å². The van der Waals surface area contributed by atoms with Gasteiger partial charge in [-0.2, -0.15) is 0 Å². The average molecular weight is 434 g/mol. The van der Waals surface area contributed by atoms with Crippen molar-refractivity contribution >= 4 is 29.5 Å². The summed E-state index contributed by atoms with van der Waals surface area (Å²) in [5.41, 5.74) is -2.23. The monoisotopic (exact) mass is 434 g/mol. The summed E-state index contributed by atoms with van der Waals surface area (Å²) in [6.45, 7) is 4.64. The molecule has 1 aromatic rings. The number of carboxylic acids is 1. The van der Waals surface area contributed by atoms with Crippen LogP contribution in [0.3, 0.4) is 0 Å². The molecule has 4 unspecified atom stereocenters. The number of fused-ring (bicyclic) bond motifs is 1. The molecule has 0 bridgehead atoms. The van der Waals surface area contributed by atoms with Gasteiger partial charge in [-0.25, -0.2) is 9.80 Å². The second kappa shape index (κ2) is 6.67. The Bertz CT molecular complexity index is 923. The number of hydrogen-bond donors (Lipinski definition) is 2. The van der Waals surface area contributed by atoms with Gasteiger partial charge in [-0.3, -0.25) is 9.59 Å². The van der Waals surface area contributed by atoms with Crippen molar-refractivity contribution in [1.29, 1.82) is 0 Å². The second-order valence-electron chi connectivity index (χ2n) is 8.43. The Morgan fingerprint density at radius 3 is 2.37 bits per heavy atom. The number of rotatable bonds is 4. The first-order valence-electron chi connectivity index (χ1n) is 9.43. The standard InChI is InChI=1S/C19H22N4O6S/c1-18(2)22(15(25)11(23(18)20-29)10-7-5-4-6-8-10)12-14(24)21-13(17(26)27)19(3,28)9-30-16(12)21/h4-8,11-13,16,28H,9H2,1-3H3,(H,26,27)/t11?,12?,13?,16-,19?/m1/s1. The van der Waals surface area contributed by atoms with E-state index in [0.29, 0.717) is 5.56 Å². The molecule has 0 spiro atoms. The zero-order valence-corrected chi connectivity index (χ0v) is 17.4. The van der Waals surface area contributed by atoms with Crippen molar-refractivity contribution in [3.8, 4) is 0 Å². The van der Waals surface area contributed by atoms with Gasteiger partial charge in [0.15, 0.2) is 12.1 Å². The Labute approximate surface area is 176 Å². The highest BCUT2D eigenvalue weighted by atomic mass is 32.2. The molecule has 5 atom stereocenters. The van der Waals surface area contributed by atoms with Crippen molar-refractivity contribution in [3.05, 3.63) is 40.8 Å². The number of aliphatic hydroxyl groups is 1. The van der Waals surface area contributed by atoms with Crippen LogP contribution in [0.4, 0.5) is 0 Å². The van der Waals surface area contributed by atoms with Crippen LogP contribution >= 0.6 is 11.8 Å². The lowest BCUT2D eigenvalue weighted by atomic mass is 9.90. The maximum atomic E-state index is 13.4. The van der Waals surface area contributed by atoms with E-state index >= 15 is 0 Å². The molecule has 11 heteroatoms. The van der Waals surface area contributed by atoms with E-state index in [1.54, 1.807) is 44.2 Å². The molecule has 10 nitrogen and oxygen atoms in total. The van der Waals surface area contributed by atoms with Gasteiger partial charge < -0.3 is 20.0 Å². The average Bonchev–Trinajstić information content (AvgIpc) is 2.87. The van der Waals surface area contributed by atoms with Gasteiger partial charge >= 0.3 is 5.97 Å². The Balaban J connectivity index is 1.71. The minimum absolute atomic E-state index is 0.0924. The molecule has 3 fully saturated rings. The lowest BCUT2D eigenvalue weighted by Crippen LogP contribution is -2.80. The SMILES string of the molecule is CC1(O)CS[C@@H]2C(N3C(=O)C(c4ccccc4)N(N=O)C3(C)C)C(=O)N2C1C(=O)O. The number of carboxylic acid groups (broad SMARTS) is 1. The van der Waals surface area contributed by atoms with Crippen LogP contribution in [-0.2, 0) is 14.4 Å². The number of amides is 2. The van der Waals surface area contributed by atoms with E-state index in [1.807, 2.05) is 0 Å². The number of β-lactam (4-membered cyclic amide) rings is 1. The van der Waals surface area contributed by atoms with Crippen molar-refractivity contribution in [1.82, 2.24) is 14.8 Å². The maximum absolute atomic E-state index is 13.4. The molecule has 2 N–H and O–H groups in total. The van der Waals surface area contributed by atoms with Crippen LogP contribution < -0.4 is 0 Å². The van der Waals surface area contributed by atoms with E-state index in [0.717, 1.165) is 9.91 Å². The van der Waals surface area contributed by atoms with Crippen molar-refractivity contribution in [2.24, 2.45) is 5.29 Å². The number of hydrogen-bond acceptors (Lipinski definition) is 7. The Morgan fingerprint density at radius 1 is 1.17 bits per heavy atom. The molecule has 3 aliphatic heterocycles. The Morgan fingerprint density at radius 2 is 1.80 bits per heavy atom. The highest BCUT2D eigenvalue weighted by Gasteiger charge is 2.67. The van der Waals surface area contributed by atoms with Gasteiger partial charge in [0, 0.05) is 5.75 Å². The number of carbonyl (C=O) groups excluding carboxylic acids is 2. The molecule has 3 saturated heterocycles. The smallest absolute Gasteiger partial charge is 0.329 e. The van der Waals surface area contributed by atoms with Gasteiger partial charge in [0.2, 0.25) is 5.91 Å². The van der Waals surface area contributed by atoms with Crippen LogP contribution in [0, 0.1) is 4.91 Å². The molecule has 2 amide bonds. The van der Waals surface area contributed by atoms with Crippen LogP contribution in [0.15, 0.2) is 35.6 Å². The summed E-state index contributed by atoms with van der Waals surface area (Å²) in [6.07, 6.45) is 0. The summed E-state index contributed by atoms with van der Waals surface area (Å²) in [5, 5.41) is 23.7. The topological polar surface area (TPSA) is 131 Å². The number of nitrogens with zero attached hydrogens (tertiary/aromatic N) is 4. The maximum Gasteiger partial charge on any atom is 0.329 e. The van der Waals surface area contributed by atoms with Crippen LogP contribution in [0.25, 0.3) is 0 Å². The fraction of sp³-hybridized carbons (Fsp3) is 0.526. The first kappa shape index (κ1) is 20.6. The van der Waals surface area contributed by atoms with Crippen LogP contribution in [0.2, 0.25) is 0 Å². The highest BCUT2D eigenvalue weighted by molar-refractivity contribution is 8.00. The van der Waals surface area contributed by atoms with Crippen LogP contribution in [-0.4, -0.2) is 77.3 Å². The molecule has 0 saturated carbocycles. The third kappa shape index (κ3) is 2.64. The third-order valence-corrected chi connectivity index (χ3v) is 7.62. The molecule has 3 heterocycles. The zero-order valence-electron chi connectivity index (χ0n) is 16.6. The summed E-state index contributed by atoms with van der Waals surface area (Å²) in [7, 11) is 0. The molecule has 0 aliphatic carbocycles. The van der Waals surface area contributed by atoms with E-state index in [-0.39, 0.29) is 5.75 Å². The zero-order chi connectivity index (χ0) is 22.0. The largest absolute Gasteiger partial charge is 0.480 e. The first-order chi connectivity index (χ1) is 14.0. The number of thioether (sulfide) groups is 1. The van der Waals surface area contributed by atoms with Gasteiger partial charge in [-0.1, -0.05) is 30.3 Å². The fourth-order valence-corrected chi connectivity index (χ4v) is 6.12. The van der Waals surface area contributed by atoms with E-state index in [2.05, 4.69) is 5.29 Å². The first-order valence-corrected chi connectivity index (χ1v) is 10.5. The third-order valence-electron chi connectivity index (χ3n) is 6.05. The van der Waals surface area contributed by atoms with Gasteiger partial charge in [0.1, 0.15) is 22.7 Å². The molecule has 0 radical (unpaired) electrons. The summed E-state index contributed by atoms with van der Waals surface area (Å²) in [6, 6.07) is 5.36. The summed E-state index contributed by atoms with van der Waals surface area (Å²) >= 11 is 1.22. The second-order valence-corrected chi connectivity index (χ2v) is 9.54. The predicted molar refractivity (Wildman–Crippen MR) is 107 cm³/mol. The number of nitroso groups, excluding NO2 is 1. The van der Waals surface area contributed by atoms with Crippen LogP contribution in [0.1, 0.15) is 32.4 Å². The van der Waals surface area contributed by atoms with Gasteiger partial charge in [-0.15, -0.1) is 16.7 Å². The van der Waals surface area contributed by atoms with E-state index < -0.39 is 52.5 Å². The van der Waals surface area contributed by atoms with Crippen LogP contribution in [0.5, 0.6) is 0 Å². The molecular weight excluding hydrogens is 412 g/mol. The van der Waals surface area contributed by atoms with Gasteiger partial charge in [0.25, 0.3) is 5.91 Å². The molecule has 30 heavy (non-hydrogen) atoms. The highest BCUT2D eigenvalue weighted by Crippen LogP contribution is 2.50. The minimum atomic E-state index is -1.60. The van der Waals surface area contributed by atoms with E-state index in [4.69, 9.17) is 0 Å². The number of benzene rings is 1. The molecule has 3 aliphatic rings. The molecule has 160 valence electrons.